The summed E-state index contributed by atoms with van der Waals surface area (Å²) in [5.41, 5.74) is 2.14. The van der Waals surface area contributed by atoms with Crippen molar-refractivity contribution in [1.82, 2.24) is 4.98 Å². The fourth-order valence-corrected chi connectivity index (χ4v) is 2.28. The molecule has 0 aliphatic rings. The number of benzene rings is 1. The molecule has 0 spiro atoms. The van der Waals surface area contributed by atoms with Crippen LogP contribution in [-0.4, -0.2) is 10.9 Å². The molecule has 21 heavy (non-hydrogen) atoms. The van der Waals surface area contributed by atoms with Crippen molar-refractivity contribution in [3.63, 3.8) is 0 Å². The van der Waals surface area contributed by atoms with E-state index in [2.05, 4.69) is 10.3 Å². The molecule has 2 aromatic rings. The summed E-state index contributed by atoms with van der Waals surface area (Å²) >= 11 is 11.8. The number of hydrogen-bond acceptors (Lipinski definition) is 2. The van der Waals surface area contributed by atoms with E-state index in [1.807, 2.05) is 31.2 Å². The molecule has 1 aromatic carbocycles. The van der Waals surface area contributed by atoms with Crippen LogP contribution in [0.2, 0.25) is 10.0 Å². The van der Waals surface area contributed by atoms with Crippen molar-refractivity contribution in [2.24, 2.45) is 0 Å². The number of aromatic nitrogens is 1. The minimum absolute atomic E-state index is 0.0341. The second-order valence-corrected chi connectivity index (χ2v) is 5.68. The van der Waals surface area contributed by atoms with Crippen LogP contribution in [0.5, 0.6) is 0 Å². The van der Waals surface area contributed by atoms with Crippen LogP contribution in [0.15, 0.2) is 36.5 Å². The molecule has 0 radical (unpaired) electrons. The van der Waals surface area contributed by atoms with Crippen molar-refractivity contribution in [2.75, 3.05) is 5.32 Å². The predicted octanol–water partition coefficient (Wildman–Crippen LogP) is 4.66. The summed E-state index contributed by atoms with van der Waals surface area (Å²) in [6.45, 7) is 1.96. The maximum atomic E-state index is 11.8. The van der Waals surface area contributed by atoms with Gasteiger partial charge >= 0.3 is 0 Å². The fourth-order valence-electron chi connectivity index (χ4n) is 1.96. The van der Waals surface area contributed by atoms with Crippen LogP contribution >= 0.6 is 23.2 Å². The zero-order valence-electron chi connectivity index (χ0n) is 11.7. The first kappa shape index (κ1) is 15.8. The van der Waals surface area contributed by atoms with Gasteiger partial charge in [0.15, 0.2) is 0 Å². The lowest BCUT2D eigenvalue weighted by Crippen LogP contribution is -2.12. The van der Waals surface area contributed by atoms with Crippen LogP contribution < -0.4 is 5.32 Å². The number of pyridine rings is 1. The van der Waals surface area contributed by atoms with Gasteiger partial charge in [-0.2, -0.15) is 0 Å². The Balaban J connectivity index is 1.80. The van der Waals surface area contributed by atoms with Gasteiger partial charge in [0.05, 0.1) is 10.0 Å². The van der Waals surface area contributed by atoms with Crippen LogP contribution in [0.4, 0.5) is 5.82 Å². The molecule has 3 nitrogen and oxygen atoms in total. The largest absolute Gasteiger partial charge is 0.311 e. The third-order valence-electron chi connectivity index (χ3n) is 3.04. The van der Waals surface area contributed by atoms with Gasteiger partial charge in [-0.25, -0.2) is 4.98 Å². The number of rotatable bonds is 5. The number of amides is 1. The average molecular weight is 323 g/mol. The number of aryl methyl sites for hydroxylation is 2. The van der Waals surface area contributed by atoms with Crippen molar-refractivity contribution in [3.05, 3.63) is 57.7 Å². The summed E-state index contributed by atoms with van der Waals surface area (Å²) < 4.78 is 0. The SMILES string of the molecule is Cc1ccnc(NC(=O)CCCc2ccc(Cl)c(Cl)c2)c1. The molecule has 0 fully saturated rings. The molecule has 0 bridgehead atoms. The Kier molecular flexibility index (Phi) is 5.59. The predicted molar refractivity (Wildman–Crippen MR) is 87.0 cm³/mol. The van der Waals surface area contributed by atoms with Gasteiger partial charge in [-0.05, 0) is 55.2 Å². The van der Waals surface area contributed by atoms with E-state index < -0.39 is 0 Å². The number of hydrogen-bond donors (Lipinski definition) is 1. The molecule has 0 aliphatic carbocycles. The van der Waals surface area contributed by atoms with E-state index >= 15 is 0 Å². The number of carbonyl (C=O) groups excluding carboxylic acids is 1. The van der Waals surface area contributed by atoms with E-state index in [9.17, 15) is 4.79 Å². The maximum absolute atomic E-state index is 11.8. The van der Waals surface area contributed by atoms with E-state index in [0.29, 0.717) is 22.3 Å². The lowest BCUT2D eigenvalue weighted by atomic mass is 10.1. The Labute approximate surface area is 134 Å². The molecule has 5 heteroatoms. The molecule has 0 aliphatic heterocycles. The number of halogens is 2. The first-order valence-corrected chi connectivity index (χ1v) is 7.46. The third kappa shape index (κ3) is 5.03. The summed E-state index contributed by atoms with van der Waals surface area (Å²) in [6, 6.07) is 9.27. The maximum Gasteiger partial charge on any atom is 0.225 e. The minimum Gasteiger partial charge on any atom is -0.311 e. The van der Waals surface area contributed by atoms with Crippen molar-refractivity contribution in [2.45, 2.75) is 26.2 Å². The van der Waals surface area contributed by atoms with E-state index in [1.54, 1.807) is 12.3 Å². The number of nitrogens with one attached hydrogen (secondary N) is 1. The Morgan fingerprint density at radius 2 is 2.00 bits per heavy atom. The summed E-state index contributed by atoms with van der Waals surface area (Å²) in [5, 5.41) is 3.88. The zero-order valence-corrected chi connectivity index (χ0v) is 13.2. The van der Waals surface area contributed by atoms with Gasteiger partial charge in [0.1, 0.15) is 5.82 Å². The van der Waals surface area contributed by atoms with Gasteiger partial charge < -0.3 is 5.32 Å². The highest BCUT2D eigenvalue weighted by molar-refractivity contribution is 6.42. The van der Waals surface area contributed by atoms with E-state index in [4.69, 9.17) is 23.2 Å². The van der Waals surface area contributed by atoms with Crippen LogP contribution in [0.1, 0.15) is 24.0 Å². The van der Waals surface area contributed by atoms with E-state index in [0.717, 1.165) is 24.0 Å². The van der Waals surface area contributed by atoms with Gasteiger partial charge in [0, 0.05) is 12.6 Å². The Morgan fingerprint density at radius 1 is 1.19 bits per heavy atom. The van der Waals surface area contributed by atoms with E-state index in [-0.39, 0.29) is 5.91 Å². The second-order valence-electron chi connectivity index (χ2n) is 4.87. The summed E-state index contributed by atoms with van der Waals surface area (Å²) in [6.07, 6.45) is 3.65. The highest BCUT2D eigenvalue weighted by Gasteiger charge is 2.05. The Morgan fingerprint density at radius 3 is 2.71 bits per heavy atom. The van der Waals surface area contributed by atoms with Crippen molar-refractivity contribution in [1.29, 1.82) is 0 Å². The molecule has 1 heterocycles. The summed E-state index contributed by atoms with van der Waals surface area (Å²) in [7, 11) is 0. The first-order valence-electron chi connectivity index (χ1n) is 6.71. The monoisotopic (exact) mass is 322 g/mol. The molecule has 1 N–H and O–H groups in total. The lowest BCUT2D eigenvalue weighted by molar-refractivity contribution is -0.116. The minimum atomic E-state index is -0.0341. The molecule has 0 saturated carbocycles. The number of nitrogens with zero attached hydrogens (tertiary/aromatic N) is 1. The number of carbonyl (C=O) groups is 1. The molecule has 1 amide bonds. The normalized spacial score (nSPS) is 10.4. The van der Waals surface area contributed by atoms with Gasteiger partial charge in [-0.15, -0.1) is 0 Å². The molecule has 110 valence electrons. The first-order chi connectivity index (χ1) is 10.0. The standard InChI is InChI=1S/C16H16Cl2N2O/c1-11-7-8-19-15(9-11)20-16(21)4-2-3-12-5-6-13(17)14(18)10-12/h5-10H,2-4H2,1H3,(H,19,20,21). The number of anilines is 1. The Hall–Kier alpha value is -1.58. The highest BCUT2D eigenvalue weighted by atomic mass is 35.5. The van der Waals surface area contributed by atoms with Crippen LogP contribution in [0.3, 0.4) is 0 Å². The fraction of sp³-hybridized carbons (Fsp3) is 0.250. The van der Waals surface area contributed by atoms with Crippen LogP contribution in [0.25, 0.3) is 0 Å². The highest BCUT2D eigenvalue weighted by Crippen LogP contribution is 2.23. The van der Waals surface area contributed by atoms with E-state index in [1.165, 1.54) is 0 Å². The van der Waals surface area contributed by atoms with Crippen LogP contribution in [-0.2, 0) is 11.2 Å². The molecular weight excluding hydrogens is 307 g/mol. The van der Waals surface area contributed by atoms with Crippen molar-refractivity contribution >= 4 is 34.9 Å². The molecule has 1 aromatic heterocycles. The summed E-state index contributed by atoms with van der Waals surface area (Å²) in [5.74, 6) is 0.558. The molecule has 0 saturated heterocycles. The zero-order chi connectivity index (χ0) is 15.2. The smallest absolute Gasteiger partial charge is 0.225 e. The van der Waals surface area contributed by atoms with Crippen molar-refractivity contribution in [3.8, 4) is 0 Å². The topological polar surface area (TPSA) is 42.0 Å². The quantitative estimate of drug-likeness (QED) is 0.869. The molecular formula is C16H16Cl2N2O. The van der Waals surface area contributed by atoms with Crippen LogP contribution in [0, 0.1) is 6.92 Å². The van der Waals surface area contributed by atoms with Gasteiger partial charge in [-0.3, -0.25) is 4.79 Å². The van der Waals surface area contributed by atoms with Gasteiger partial charge in [0.25, 0.3) is 0 Å². The Bertz CT molecular complexity index is 644. The average Bonchev–Trinajstić information content (AvgIpc) is 2.43. The van der Waals surface area contributed by atoms with Crippen molar-refractivity contribution < 1.29 is 4.79 Å². The lowest BCUT2D eigenvalue weighted by Gasteiger charge is -2.06. The third-order valence-corrected chi connectivity index (χ3v) is 3.78. The van der Waals surface area contributed by atoms with Gasteiger partial charge in [0.2, 0.25) is 5.91 Å². The molecule has 2 rings (SSSR count). The molecule has 0 unspecified atom stereocenters. The summed E-state index contributed by atoms with van der Waals surface area (Å²) in [4.78, 5) is 15.9. The second kappa shape index (κ2) is 7.43. The van der Waals surface area contributed by atoms with Gasteiger partial charge in [-0.1, -0.05) is 29.3 Å². The molecule has 0 atom stereocenters.